The Hall–Kier alpha value is -1.88. The molecule has 2 amide bonds. The summed E-state index contributed by atoms with van der Waals surface area (Å²) in [6, 6.07) is 9.38. The van der Waals surface area contributed by atoms with Gasteiger partial charge in [0.15, 0.2) is 0 Å². The lowest BCUT2D eigenvalue weighted by Gasteiger charge is -2.21. The number of cyclic esters (lactones) is 1. The molecule has 0 aliphatic carbocycles. The van der Waals surface area contributed by atoms with Crippen LogP contribution < -0.4 is 0 Å². The highest BCUT2D eigenvalue weighted by Crippen LogP contribution is 2.20. The van der Waals surface area contributed by atoms with Gasteiger partial charge in [-0.25, -0.2) is 9.69 Å². The van der Waals surface area contributed by atoms with Crippen LogP contribution in [-0.4, -0.2) is 40.8 Å². The Kier molecular flexibility index (Phi) is 5.55. The van der Waals surface area contributed by atoms with Crippen LogP contribution in [0.5, 0.6) is 0 Å². The molecule has 0 saturated carbocycles. The Morgan fingerprint density at radius 3 is 2.68 bits per heavy atom. The van der Waals surface area contributed by atoms with Crippen molar-refractivity contribution in [1.29, 1.82) is 0 Å². The van der Waals surface area contributed by atoms with E-state index in [0.717, 1.165) is 10.5 Å². The number of hydrogen-bond donors (Lipinski definition) is 1. The van der Waals surface area contributed by atoms with Crippen LogP contribution in [-0.2, 0) is 16.0 Å². The van der Waals surface area contributed by atoms with Gasteiger partial charge in [-0.15, -0.1) is 0 Å². The first-order chi connectivity index (χ1) is 10.5. The number of carbonyl (C=O) groups excluding carboxylic acids is 2. The van der Waals surface area contributed by atoms with Gasteiger partial charge in [0.05, 0.1) is 18.6 Å². The number of aliphatic hydroxyl groups excluding tert-OH is 1. The zero-order valence-electron chi connectivity index (χ0n) is 13.1. The normalized spacial score (nSPS) is 19.4. The fourth-order valence-corrected chi connectivity index (χ4v) is 2.73. The molecule has 1 aliphatic rings. The molecule has 2 rings (SSSR count). The molecule has 1 aromatic carbocycles. The number of ether oxygens (including phenoxy) is 1. The molecule has 22 heavy (non-hydrogen) atoms. The first-order valence-electron chi connectivity index (χ1n) is 7.68. The quantitative estimate of drug-likeness (QED) is 0.876. The van der Waals surface area contributed by atoms with Crippen LogP contribution in [0.1, 0.15) is 32.3 Å². The topological polar surface area (TPSA) is 66.8 Å². The zero-order chi connectivity index (χ0) is 16.1. The highest BCUT2D eigenvalue weighted by molar-refractivity contribution is 5.93. The van der Waals surface area contributed by atoms with Crippen molar-refractivity contribution < 1.29 is 19.4 Å². The summed E-state index contributed by atoms with van der Waals surface area (Å²) in [6.07, 6.45) is -0.268. The molecule has 0 spiro atoms. The molecule has 0 bridgehead atoms. The maximum absolute atomic E-state index is 12.3. The van der Waals surface area contributed by atoms with Crippen LogP contribution in [0.15, 0.2) is 30.3 Å². The van der Waals surface area contributed by atoms with Crippen molar-refractivity contribution in [3.05, 3.63) is 35.9 Å². The lowest BCUT2D eigenvalue weighted by molar-refractivity contribution is -0.131. The second-order valence-corrected chi connectivity index (χ2v) is 6.17. The van der Waals surface area contributed by atoms with Gasteiger partial charge in [-0.1, -0.05) is 44.2 Å². The Balaban J connectivity index is 1.99. The molecule has 1 aromatic rings. The Labute approximate surface area is 130 Å². The summed E-state index contributed by atoms with van der Waals surface area (Å²) in [4.78, 5) is 25.3. The third-order valence-corrected chi connectivity index (χ3v) is 3.70. The van der Waals surface area contributed by atoms with Crippen molar-refractivity contribution >= 4 is 12.0 Å². The number of nitrogens with zero attached hydrogens (tertiary/aromatic N) is 1. The second kappa shape index (κ2) is 7.40. The highest BCUT2D eigenvalue weighted by Gasteiger charge is 2.38. The van der Waals surface area contributed by atoms with E-state index in [1.165, 1.54) is 0 Å². The molecule has 120 valence electrons. The minimum absolute atomic E-state index is 0.0431. The van der Waals surface area contributed by atoms with Crippen molar-refractivity contribution in [3.8, 4) is 0 Å². The SMILES string of the molecule is CC(C)C[C@@H](O)CC(=O)N1C(=O)OC[C@@H]1Cc1ccccc1. The molecule has 5 nitrogen and oxygen atoms in total. The van der Waals surface area contributed by atoms with E-state index >= 15 is 0 Å². The molecule has 1 heterocycles. The van der Waals surface area contributed by atoms with E-state index in [-0.39, 0.29) is 25.0 Å². The van der Waals surface area contributed by atoms with Crippen LogP contribution in [0.3, 0.4) is 0 Å². The molecule has 0 radical (unpaired) electrons. The number of carbonyl (C=O) groups is 2. The average molecular weight is 305 g/mol. The van der Waals surface area contributed by atoms with Gasteiger partial charge in [-0.05, 0) is 24.3 Å². The maximum atomic E-state index is 12.3. The number of imide groups is 1. The van der Waals surface area contributed by atoms with Gasteiger partial charge in [0.25, 0.3) is 0 Å². The molecule has 0 aromatic heterocycles. The van der Waals surface area contributed by atoms with E-state index in [1.807, 2.05) is 44.2 Å². The number of rotatable bonds is 6. The van der Waals surface area contributed by atoms with Gasteiger partial charge in [-0.3, -0.25) is 4.79 Å². The highest BCUT2D eigenvalue weighted by atomic mass is 16.6. The average Bonchev–Trinajstić information content (AvgIpc) is 2.79. The molecular formula is C17H23NO4. The molecule has 1 aliphatic heterocycles. The summed E-state index contributed by atoms with van der Waals surface area (Å²) in [6.45, 7) is 4.17. The third-order valence-electron chi connectivity index (χ3n) is 3.70. The summed E-state index contributed by atoms with van der Waals surface area (Å²) in [5.74, 6) is -0.0648. The first-order valence-corrected chi connectivity index (χ1v) is 7.68. The zero-order valence-corrected chi connectivity index (χ0v) is 13.1. The number of aliphatic hydroxyl groups is 1. The molecule has 1 N–H and O–H groups in total. The van der Waals surface area contributed by atoms with Gasteiger partial charge in [-0.2, -0.15) is 0 Å². The van der Waals surface area contributed by atoms with Crippen molar-refractivity contribution in [1.82, 2.24) is 4.90 Å². The van der Waals surface area contributed by atoms with Crippen molar-refractivity contribution in [2.75, 3.05) is 6.61 Å². The molecule has 0 unspecified atom stereocenters. The summed E-state index contributed by atoms with van der Waals surface area (Å²) in [7, 11) is 0. The summed E-state index contributed by atoms with van der Waals surface area (Å²) in [5.41, 5.74) is 1.05. The van der Waals surface area contributed by atoms with Gasteiger partial charge in [0, 0.05) is 0 Å². The lowest BCUT2D eigenvalue weighted by Crippen LogP contribution is -2.41. The van der Waals surface area contributed by atoms with Crippen LogP contribution in [0.25, 0.3) is 0 Å². The Bertz CT molecular complexity index is 515. The van der Waals surface area contributed by atoms with Gasteiger partial charge in [0.1, 0.15) is 6.61 Å². The van der Waals surface area contributed by atoms with Crippen molar-refractivity contribution in [2.24, 2.45) is 5.92 Å². The van der Waals surface area contributed by atoms with Crippen LogP contribution in [0.2, 0.25) is 0 Å². The first kappa shape index (κ1) is 16.5. The second-order valence-electron chi connectivity index (χ2n) is 6.17. The van der Waals surface area contributed by atoms with E-state index in [9.17, 15) is 14.7 Å². The summed E-state index contributed by atoms with van der Waals surface area (Å²) >= 11 is 0. The molecule has 5 heteroatoms. The maximum Gasteiger partial charge on any atom is 0.416 e. The van der Waals surface area contributed by atoms with Crippen LogP contribution in [0, 0.1) is 5.92 Å². The minimum atomic E-state index is -0.724. The van der Waals surface area contributed by atoms with Crippen LogP contribution >= 0.6 is 0 Å². The Morgan fingerprint density at radius 2 is 2.05 bits per heavy atom. The summed E-state index contributed by atoms with van der Waals surface area (Å²) in [5, 5.41) is 9.91. The van der Waals surface area contributed by atoms with E-state index in [4.69, 9.17) is 4.74 Å². The number of benzene rings is 1. The molecule has 1 saturated heterocycles. The predicted octanol–water partition coefficient (Wildman–Crippen LogP) is 2.37. The van der Waals surface area contributed by atoms with E-state index in [2.05, 4.69) is 0 Å². The standard InChI is InChI=1S/C17H23NO4/c1-12(2)8-15(19)10-16(20)18-14(11-22-17(18)21)9-13-6-4-3-5-7-13/h3-7,12,14-15,19H,8-11H2,1-2H3/t14-,15+/m0/s1. The fourth-order valence-electron chi connectivity index (χ4n) is 2.73. The number of amides is 2. The molecular weight excluding hydrogens is 282 g/mol. The largest absolute Gasteiger partial charge is 0.447 e. The molecule has 1 fully saturated rings. The summed E-state index contributed by atoms with van der Waals surface area (Å²) < 4.78 is 5.02. The van der Waals surface area contributed by atoms with Crippen molar-refractivity contribution in [2.45, 2.75) is 45.3 Å². The lowest BCUT2D eigenvalue weighted by atomic mass is 10.0. The monoisotopic (exact) mass is 305 g/mol. The van der Waals surface area contributed by atoms with E-state index in [0.29, 0.717) is 18.8 Å². The van der Waals surface area contributed by atoms with Crippen LogP contribution in [0.4, 0.5) is 4.79 Å². The number of hydrogen-bond acceptors (Lipinski definition) is 4. The smallest absolute Gasteiger partial charge is 0.416 e. The van der Waals surface area contributed by atoms with E-state index < -0.39 is 12.2 Å². The predicted molar refractivity (Wildman–Crippen MR) is 82.2 cm³/mol. The van der Waals surface area contributed by atoms with Gasteiger partial charge < -0.3 is 9.84 Å². The van der Waals surface area contributed by atoms with Gasteiger partial charge >= 0.3 is 6.09 Å². The Morgan fingerprint density at radius 1 is 1.36 bits per heavy atom. The molecule has 2 atom stereocenters. The third kappa shape index (κ3) is 4.31. The van der Waals surface area contributed by atoms with Crippen molar-refractivity contribution in [3.63, 3.8) is 0 Å². The minimum Gasteiger partial charge on any atom is -0.447 e. The van der Waals surface area contributed by atoms with E-state index in [1.54, 1.807) is 0 Å². The fraction of sp³-hybridized carbons (Fsp3) is 0.529. The van der Waals surface area contributed by atoms with Gasteiger partial charge in [0.2, 0.25) is 5.91 Å².